The number of pyridine rings is 1. The minimum Gasteiger partial charge on any atom is -0.368 e. The van der Waals surface area contributed by atoms with Crippen LogP contribution in [0.25, 0.3) is 5.52 Å². The maximum Gasteiger partial charge on any atom is 0.354 e. The van der Waals surface area contributed by atoms with Crippen LogP contribution in [0.4, 0.5) is 14.5 Å². The summed E-state index contributed by atoms with van der Waals surface area (Å²) < 4.78 is 30.7. The van der Waals surface area contributed by atoms with Crippen LogP contribution in [0.2, 0.25) is 0 Å². The molecule has 7 nitrogen and oxygen atoms in total. The van der Waals surface area contributed by atoms with Gasteiger partial charge in [-0.1, -0.05) is 0 Å². The first-order chi connectivity index (χ1) is 13.3. The average molecular weight is 391 g/mol. The van der Waals surface area contributed by atoms with E-state index in [0.29, 0.717) is 46.5 Å². The van der Waals surface area contributed by atoms with Crippen LogP contribution in [0.1, 0.15) is 36.3 Å². The molecule has 2 aromatic heterocycles. The second kappa shape index (κ2) is 5.79. The third kappa shape index (κ3) is 2.28. The minimum atomic E-state index is -1.01. The maximum absolute atomic E-state index is 15.1. The average Bonchev–Trinajstić information content (AvgIpc) is 3.35. The molecule has 3 fully saturated rings. The van der Waals surface area contributed by atoms with Gasteiger partial charge in [-0.3, -0.25) is 9.20 Å². The molecule has 0 aromatic carbocycles. The molecule has 3 heterocycles. The van der Waals surface area contributed by atoms with Gasteiger partial charge in [0, 0.05) is 30.3 Å². The Kier molecular flexibility index (Phi) is 3.65. The van der Waals surface area contributed by atoms with E-state index >= 15 is 4.39 Å². The van der Waals surface area contributed by atoms with Crippen molar-refractivity contribution >= 4 is 11.2 Å². The fraction of sp³-hybridized carbons (Fsp3) is 0.579. The van der Waals surface area contributed by atoms with Crippen molar-refractivity contribution in [3.8, 4) is 0 Å². The van der Waals surface area contributed by atoms with E-state index in [0.717, 1.165) is 23.4 Å². The molecule has 2 saturated carbocycles. The number of nitrogens with two attached hydrogens (primary N) is 2. The summed E-state index contributed by atoms with van der Waals surface area (Å²) in [5.74, 6) is 5.20. The summed E-state index contributed by atoms with van der Waals surface area (Å²) in [7, 11) is 0. The van der Waals surface area contributed by atoms with Crippen molar-refractivity contribution in [1.82, 2.24) is 9.08 Å². The number of aryl methyl sites for hydroxylation is 1. The number of hydrogen-bond donors (Lipinski definition) is 2. The quantitative estimate of drug-likeness (QED) is 0.732. The van der Waals surface area contributed by atoms with Crippen molar-refractivity contribution in [2.24, 2.45) is 17.6 Å². The highest BCUT2D eigenvalue weighted by atomic mass is 19.1. The smallest absolute Gasteiger partial charge is 0.354 e. The fourth-order valence-electron chi connectivity index (χ4n) is 5.23. The van der Waals surface area contributed by atoms with Crippen LogP contribution in [-0.2, 0) is 0 Å². The summed E-state index contributed by atoms with van der Waals surface area (Å²) in [6, 6.07) is -0.534. The Labute approximate surface area is 159 Å². The number of hydrogen-bond acceptors (Lipinski definition) is 5. The molecule has 0 amide bonds. The van der Waals surface area contributed by atoms with Crippen molar-refractivity contribution in [3.05, 3.63) is 44.0 Å². The number of anilines is 1. The summed E-state index contributed by atoms with van der Waals surface area (Å²) in [6.45, 7) is 2.71. The molecule has 2 aromatic rings. The predicted molar refractivity (Wildman–Crippen MR) is 101 cm³/mol. The summed E-state index contributed by atoms with van der Waals surface area (Å²) >= 11 is 0. The van der Waals surface area contributed by atoms with Crippen molar-refractivity contribution < 1.29 is 8.78 Å². The van der Waals surface area contributed by atoms with Gasteiger partial charge in [0.2, 0.25) is 0 Å². The van der Waals surface area contributed by atoms with Crippen molar-refractivity contribution in [2.45, 2.75) is 44.3 Å². The van der Waals surface area contributed by atoms with E-state index in [-0.39, 0.29) is 17.8 Å². The van der Waals surface area contributed by atoms with Crippen LogP contribution in [0.15, 0.2) is 15.8 Å². The van der Waals surface area contributed by atoms with E-state index in [9.17, 15) is 14.0 Å². The monoisotopic (exact) mass is 391 g/mol. The topological polar surface area (TPSA) is 98.8 Å². The standard InChI is InChI=1S/C19H23F2N5O2/c1-8-16(24-5-10-4-12(20)15(22)11(10)6-24)13(21)7-25-17(8)14(9-2-3-9)18(27)26(23)19(25)28/h7,9-12,15H,2-6,22-23H2,1H3. The van der Waals surface area contributed by atoms with Gasteiger partial charge in [-0.25, -0.2) is 13.6 Å². The Morgan fingerprint density at radius 3 is 2.57 bits per heavy atom. The number of fused-ring (bicyclic) bond motifs is 2. The predicted octanol–water partition coefficient (Wildman–Crippen LogP) is 0.621. The van der Waals surface area contributed by atoms with E-state index in [1.807, 2.05) is 4.90 Å². The Morgan fingerprint density at radius 1 is 1.21 bits per heavy atom. The largest absolute Gasteiger partial charge is 0.368 e. The second-order valence-electron chi connectivity index (χ2n) is 8.47. The van der Waals surface area contributed by atoms with Gasteiger partial charge in [0.25, 0.3) is 5.56 Å². The van der Waals surface area contributed by atoms with Gasteiger partial charge in [-0.2, -0.15) is 4.68 Å². The molecule has 0 radical (unpaired) electrons. The Hall–Kier alpha value is -2.42. The zero-order valence-corrected chi connectivity index (χ0v) is 15.6. The summed E-state index contributed by atoms with van der Waals surface area (Å²) in [4.78, 5) is 27.0. The first kappa shape index (κ1) is 17.7. The Morgan fingerprint density at radius 2 is 1.93 bits per heavy atom. The van der Waals surface area contributed by atoms with Crippen molar-refractivity contribution in [1.29, 1.82) is 0 Å². The molecule has 5 rings (SSSR count). The number of rotatable bonds is 2. The summed E-state index contributed by atoms with van der Waals surface area (Å²) in [6.07, 6.45) is 2.18. The van der Waals surface area contributed by atoms with E-state index in [2.05, 4.69) is 0 Å². The zero-order chi connectivity index (χ0) is 19.9. The molecule has 3 aliphatic rings. The molecule has 2 aliphatic carbocycles. The summed E-state index contributed by atoms with van der Waals surface area (Å²) in [5, 5.41) is 0. The van der Waals surface area contributed by atoms with Gasteiger partial charge in [0.15, 0.2) is 5.82 Å². The van der Waals surface area contributed by atoms with Crippen LogP contribution in [-0.4, -0.2) is 34.4 Å². The van der Waals surface area contributed by atoms with Gasteiger partial charge in [-0.05, 0) is 43.9 Å². The van der Waals surface area contributed by atoms with Gasteiger partial charge in [-0.15, -0.1) is 0 Å². The number of nitrogen functional groups attached to an aromatic ring is 1. The summed E-state index contributed by atoms with van der Waals surface area (Å²) in [5.41, 5.74) is 6.54. The van der Waals surface area contributed by atoms with Crippen LogP contribution in [0.5, 0.6) is 0 Å². The number of nitrogens with zero attached hydrogens (tertiary/aromatic N) is 3. The minimum absolute atomic E-state index is 0.0211. The lowest BCUT2D eigenvalue weighted by Gasteiger charge is -2.25. The van der Waals surface area contributed by atoms with E-state index in [4.69, 9.17) is 11.6 Å². The SMILES string of the molecule is Cc1c(N2CC3CC(F)C(N)C3C2)c(F)cn2c(=O)n(N)c(=O)c(C3CC3)c12. The van der Waals surface area contributed by atoms with Gasteiger partial charge in [0.1, 0.15) is 6.17 Å². The van der Waals surface area contributed by atoms with Gasteiger partial charge >= 0.3 is 5.69 Å². The van der Waals surface area contributed by atoms with E-state index in [1.54, 1.807) is 6.92 Å². The molecule has 4 atom stereocenters. The number of halogens is 2. The number of aromatic nitrogens is 2. The van der Waals surface area contributed by atoms with E-state index in [1.165, 1.54) is 0 Å². The molecular formula is C19H23F2N5O2. The van der Waals surface area contributed by atoms with Crippen LogP contribution in [0.3, 0.4) is 0 Å². The lowest BCUT2D eigenvalue weighted by atomic mass is 9.98. The molecular weight excluding hydrogens is 368 g/mol. The van der Waals surface area contributed by atoms with E-state index < -0.39 is 29.3 Å². The first-order valence-corrected chi connectivity index (χ1v) is 9.69. The molecule has 1 saturated heterocycles. The highest BCUT2D eigenvalue weighted by Gasteiger charge is 2.47. The third-order valence-corrected chi connectivity index (χ3v) is 6.77. The zero-order valence-electron chi connectivity index (χ0n) is 15.6. The van der Waals surface area contributed by atoms with Crippen LogP contribution >= 0.6 is 0 Å². The first-order valence-electron chi connectivity index (χ1n) is 9.69. The Balaban J connectivity index is 1.70. The molecule has 28 heavy (non-hydrogen) atoms. The van der Waals surface area contributed by atoms with Gasteiger partial charge in [0.05, 0.1) is 17.4 Å². The van der Waals surface area contributed by atoms with Crippen molar-refractivity contribution in [3.63, 3.8) is 0 Å². The lowest BCUT2D eigenvalue weighted by molar-refractivity contribution is 0.292. The highest BCUT2D eigenvalue weighted by molar-refractivity contribution is 5.72. The van der Waals surface area contributed by atoms with Crippen LogP contribution < -0.4 is 27.7 Å². The molecule has 4 unspecified atom stereocenters. The maximum atomic E-state index is 15.1. The molecule has 1 aliphatic heterocycles. The van der Waals surface area contributed by atoms with Crippen LogP contribution in [0, 0.1) is 24.6 Å². The highest BCUT2D eigenvalue weighted by Crippen LogP contribution is 2.44. The lowest BCUT2D eigenvalue weighted by Crippen LogP contribution is -2.44. The van der Waals surface area contributed by atoms with Gasteiger partial charge < -0.3 is 16.5 Å². The molecule has 9 heteroatoms. The molecule has 150 valence electrons. The molecule has 0 spiro atoms. The molecule has 0 bridgehead atoms. The fourth-order valence-corrected chi connectivity index (χ4v) is 5.23. The second-order valence-corrected chi connectivity index (χ2v) is 8.47. The normalized spacial score (nSPS) is 29.6. The molecule has 4 N–H and O–H groups in total. The third-order valence-electron chi connectivity index (χ3n) is 6.77. The van der Waals surface area contributed by atoms with Crippen molar-refractivity contribution in [2.75, 3.05) is 23.8 Å². The number of alkyl halides is 1. The Bertz CT molecular complexity index is 1110.